The number of para-hydroxylation sites is 1. The average Bonchev–Trinajstić information content (AvgIpc) is 3.14. The van der Waals surface area contributed by atoms with Crippen LogP contribution in [0.3, 0.4) is 0 Å². The monoisotopic (exact) mass is 532 g/mol. The van der Waals surface area contributed by atoms with Gasteiger partial charge in [-0.3, -0.25) is 9.55 Å². The molecule has 0 unspecified atom stereocenters. The fourth-order valence-electron chi connectivity index (χ4n) is 3.17. The van der Waals surface area contributed by atoms with Crippen molar-refractivity contribution in [1.82, 2.24) is 14.5 Å². The number of rotatable bonds is 5. The molecule has 4 aromatic rings. The third-order valence-electron chi connectivity index (χ3n) is 4.83. The third kappa shape index (κ3) is 5.35. The SMILES string of the molecule is FC(F)(F)c1cnc(CON=Cc2cn(-c3ncc(C(F)(F)F)cc3Cl)c3ccccc23)c(Cl)c1. The summed E-state index contributed by atoms with van der Waals surface area (Å²) in [5.41, 5.74) is -0.799. The minimum absolute atomic E-state index is 0.0555. The van der Waals surface area contributed by atoms with Gasteiger partial charge in [0, 0.05) is 29.5 Å². The summed E-state index contributed by atoms with van der Waals surface area (Å²) in [6, 6.07) is 8.47. The molecule has 1 aromatic carbocycles. The highest BCUT2D eigenvalue weighted by molar-refractivity contribution is 6.32. The van der Waals surface area contributed by atoms with Crippen LogP contribution in [0, 0.1) is 0 Å². The van der Waals surface area contributed by atoms with Gasteiger partial charge in [-0.15, -0.1) is 0 Å². The number of nitrogens with zero attached hydrogens (tertiary/aromatic N) is 4. The quantitative estimate of drug-likeness (QED) is 0.154. The lowest BCUT2D eigenvalue weighted by Gasteiger charge is -2.10. The van der Waals surface area contributed by atoms with Crippen molar-refractivity contribution < 1.29 is 31.2 Å². The van der Waals surface area contributed by atoms with Crippen molar-refractivity contribution in [3.63, 3.8) is 0 Å². The lowest BCUT2D eigenvalue weighted by atomic mass is 10.2. The maximum Gasteiger partial charge on any atom is 0.417 e. The van der Waals surface area contributed by atoms with E-state index in [4.69, 9.17) is 28.0 Å². The van der Waals surface area contributed by atoms with Gasteiger partial charge in [0.25, 0.3) is 0 Å². The molecule has 0 aliphatic heterocycles. The van der Waals surface area contributed by atoms with Crippen LogP contribution >= 0.6 is 23.2 Å². The molecule has 0 atom stereocenters. The lowest BCUT2D eigenvalue weighted by molar-refractivity contribution is -0.138. The maximum atomic E-state index is 13.0. The number of halogens is 8. The van der Waals surface area contributed by atoms with Gasteiger partial charge in [0.1, 0.15) is 0 Å². The van der Waals surface area contributed by atoms with Crippen LogP contribution in [0.2, 0.25) is 10.0 Å². The highest BCUT2D eigenvalue weighted by Crippen LogP contribution is 2.34. The number of pyridine rings is 2. The number of aromatic nitrogens is 3. The Morgan fingerprint density at radius 2 is 1.54 bits per heavy atom. The standard InChI is InChI=1S/C22H12Cl2F6N4O/c23-16-5-13(21(25,26)27)8-31-18(16)11-35-33-7-12-10-34(19-4-2-1-3-15(12)19)20-17(24)6-14(9-32-20)22(28,29)30/h1-10H,11H2. The molecule has 0 N–H and O–H groups in total. The van der Waals surface area contributed by atoms with Crippen LogP contribution in [0.25, 0.3) is 16.7 Å². The fraction of sp³-hybridized carbons (Fsp3) is 0.136. The van der Waals surface area contributed by atoms with Crippen LogP contribution in [0.15, 0.2) is 60.1 Å². The molecule has 5 nitrogen and oxygen atoms in total. The minimum Gasteiger partial charge on any atom is -0.389 e. The second-order valence-corrected chi connectivity index (χ2v) is 7.97. The Labute approximate surface area is 203 Å². The Balaban J connectivity index is 1.58. The summed E-state index contributed by atoms with van der Waals surface area (Å²) >= 11 is 11.9. The summed E-state index contributed by atoms with van der Waals surface area (Å²) in [6.45, 7) is -0.293. The molecule has 4 rings (SSSR count). The van der Waals surface area contributed by atoms with Crippen LogP contribution < -0.4 is 0 Å². The molecule has 3 aromatic heterocycles. The maximum absolute atomic E-state index is 13.0. The van der Waals surface area contributed by atoms with Gasteiger partial charge in [-0.25, -0.2) is 4.98 Å². The summed E-state index contributed by atoms with van der Waals surface area (Å²) in [5, 5.41) is 4.05. The van der Waals surface area contributed by atoms with E-state index < -0.39 is 23.5 Å². The van der Waals surface area contributed by atoms with Crippen LogP contribution in [-0.2, 0) is 23.8 Å². The molecule has 0 amide bonds. The van der Waals surface area contributed by atoms with E-state index in [1.165, 1.54) is 10.8 Å². The zero-order valence-corrected chi connectivity index (χ0v) is 18.7. The molecule has 0 bridgehead atoms. The molecule has 182 valence electrons. The summed E-state index contributed by atoms with van der Waals surface area (Å²) in [5.74, 6) is 0.0807. The fourth-order valence-corrected chi connectivity index (χ4v) is 3.65. The Morgan fingerprint density at radius 3 is 2.17 bits per heavy atom. The minimum atomic E-state index is -4.59. The Kier molecular flexibility index (Phi) is 6.65. The number of alkyl halides is 6. The van der Waals surface area contributed by atoms with E-state index in [2.05, 4.69) is 15.1 Å². The number of oxime groups is 1. The summed E-state index contributed by atoms with van der Waals surface area (Å²) in [6.07, 6.45) is -4.95. The molecule has 0 aliphatic carbocycles. The number of benzene rings is 1. The molecular formula is C22H12Cl2F6N4O. The van der Waals surface area contributed by atoms with Crippen molar-refractivity contribution >= 4 is 40.3 Å². The van der Waals surface area contributed by atoms with Crippen LogP contribution in [0.4, 0.5) is 26.3 Å². The van der Waals surface area contributed by atoms with Gasteiger partial charge in [-0.05, 0) is 18.2 Å². The van der Waals surface area contributed by atoms with Gasteiger partial charge >= 0.3 is 12.4 Å². The summed E-state index contributed by atoms with van der Waals surface area (Å²) in [4.78, 5) is 12.7. The van der Waals surface area contributed by atoms with Crippen LogP contribution in [0.1, 0.15) is 22.4 Å². The molecular weight excluding hydrogens is 521 g/mol. The third-order valence-corrected chi connectivity index (χ3v) is 5.44. The molecule has 0 saturated carbocycles. The molecule has 0 aliphatic rings. The Morgan fingerprint density at radius 1 is 0.914 bits per heavy atom. The van der Waals surface area contributed by atoms with Crippen molar-refractivity contribution in [2.24, 2.45) is 5.16 Å². The van der Waals surface area contributed by atoms with Crippen molar-refractivity contribution in [3.8, 4) is 5.82 Å². The highest BCUT2D eigenvalue weighted by Gasteiger charge is 2.32. The molecule has 0 radical (unpaired) electrons. The predicted molar refractivity (Wildman–Crippen MR) is 118 cm³/mol. The first kappa shape index (κ1) is 24.8. The highest BCUT2D eigenvalue weighted by atomic mass is 35.5. The van der Waals surface area contributed by atoms with Crippen molar-refractivity contribution in [2.45, 2.75) is 19.0 Å². The van der Waals surface area contributed by atoms with E-state index in [9.17, 15) is 26.3 Å². The summed E-state index contributed by atoms with van der Waals surface area (Å²) < 4.78 is 78.5. The van der Waals surface area contributed by atoms with Gasteiger partial charge < -0.3 is 4.84 Å². The normalized spacial score (nSPS) is 12.6. The largest absolute Gasteiger partial charge is 0.417 e. The number of hydrogen-bond acceptors (Lipinski definition) is 4. The van der Waals surface area contributed by atoms with Crippen LogP contribution in [-0.4, -0.2) is 20.7 Å². The summed E-state index contributed by atoms with van der Waals surface area (Å²) in [7, 11) is 0. The predicted octanol–water partition coefficient (Wildman–Crippen LogP) is 7.32. The van der Waals surface area contributed by atoms with E-state index >= 15 is 0 Å². The smallest absolute Gasteiger partial charge is 0.389 e. The first-order valence-electron chi connectivity index (χ1n) is 9.65. The lowest BCUT2D eigenvalue weighted by Crippen LogP contribution is -2.07. The van der Waals surface area contributed by atoms with Gasteiger partial charge in [-0.1, -0.05) is 46.6 Å². The van der Waals surface area contributed by atoms with E-state index in [0.717, 1.165) is 12.1 Å². The Hall–Kier alpha value is -3.31. The average molecular weight is 533 g/mol. The number of hydrogen-bond donors (Lipinski definition) is 0. The molecule has 0 saturated heterocycles. The van der Waals surface area contributed by atoms with Crippen molar-refractivity contribution in [1.29, 1.82) is 0 Å². The zero-order chi connectivity index (χ0) is 25.4. The van der Waals surface area contributed by atoms with Crippen LogP contribution in [0.5, 0.6) is 0 Å². The first-order chi connectivity index (χ1) is 16.4. The molecule has 3 heterocycles. The molecule has 0 spiro atoms. The van der Waals surface area contributed by atoms with Gasteiger partial charge in [-0.2, -0.15) is 26.3 Å². The van der Waals surface area contributed by atoms with E-state index in [-0.39, 0.29) is 28.2 Å². The van der Waals surface area contributed by atoms with E-state index in [1.807, 2.05) is 0 Å². The van der Waals surface area contributed by atoms with Crippen molar-refractivity contribution in [3.05, 3.63) is 87.4 Å². The molecule has 13 heteroatoms. The van der Waals surface area contributed by atoms with Gasteiger partial charge in [0.05, 0.1) is 38.6 Å². The van der Waals surface area contributed by atoms with Gasteiger partial charge in [0.15, 0.2) is 12.4 Å². The Bertz CT molecular complexity index is 1420. The topological polar surface area (TPSA) is 52.3 Å². The zero-order valence-electron chi connectivity index (χ0n) is 17.2. The first-order valence-corrected chi connectivity index (χ1v) is 10.4. The molecule has 35 heavy (non-hydrogen) atoms. The van der Waals surface area contributed by atoms with Crippen molar-refractivity contribution in [2.75, 3.05) is 0 Å². The van der Waals surface area contributed by atoms with Gasteiger partial charge in [0.2, 0.25) is 0 Å². The number of fused-ring (bicyclic) bond motifs is 1. The second kappa shape index (κ2) is 9.38. The second-order valence-electron chi connectivity index (χ2n) is 7.16. The van der Waals surface area contributed by atoms with E-state index in [0.29, 0.717) is 28.9 Å². The molecule has 0 fully saturated rings. The van der Waals surface area contributed by atoms with E-state index in [1.54, 1.807) is 30.5 Å².